The van der Waals surface area contributed by atoms with Crippen LogP contribution in [0.15, 0.2) is 21.9 Å². The maximum Gasteiger partial charge on any atom is 0.330 e. The molecule has 11 heteroatoms. The highest BCUT2D eigenvalue weighted by Crippen LogP contribution is 2.42. The Kier molecular flexibility index (Phi) is 6.90. The van der Waals surface area contributed by atoms with Gasteiger partial charge in [-0.3, -0.25) is 24.0 Å². The summed E-state index contributed by atoms with van der Waals surface area (Å²) in [5.41, 5.74) is -1.19. The van der Waals surface area contributed by atoms with E-state index in [0.29, 0.717) is 0 Å². The van der Waals surface area contributed by atoms with Crippen molar-refractivity contribution in [1.82, 2.24) is 14.6 Å². The number of carbonyl (C=O) groups excluding carboxylic acids is 1. The van der Waals surface area contributed by atoms with Gasteiger partial charge in [-0.05, 0) is 18.1 Å². The van der Waals surface area contributed by atoms with Gasteiger partial charge in [0.15, 0.2) is 20.6 Å². The summed E-state index contributed by atoms with van der Waals surface area (Å²) < 4.78 is 19.3. The molecule has 1 aromatic heterocycles. The van der Waals surface area contributed by atoms with Crippen LogP contribution in [0.2, 0.25) is 18.1 Å². The summed E-state index contributed by atoms with van der Waals surface area (Å²) in [6, 6.07) is 1.21. The normalized spacial score (nSPS) is 25.2. The van der Waals surface area contributed by atoms with Crippen LogP contribution in [-0.4, -0.2) is 68.4 Å². The van der Waals surface area contributed by atoms with Crippen LogP contribution in [-0.2, 0) is 23.5 Å². The summed E-state index contributed by atoms with van der Waals surface area (Å²) in [7, 11) is 1.97. The van der Waals surface area contributed by atoms with Gasteiger partial charge in [-0.1, -0.05) is 20.8 Å². The molecule has 164 valence electrons. The van der Waals surface area contributed by atoms with Gasteiger partial charge in [0.25, 0.3) is 11.5 Å². The summed E-state index contributed by atoms with van der Waals surface area (Å²) in [5, 5.41) is 0.927. The van der Waals surface area contributed by atoms with E-state index < -0.39 is 50.0 Å². The van der Waals surface area contributed by atoms with Crippen molar-refractivity contribution in [3.63, 3.8) is 0 Å². The summed E-state index contributed by atoms with van der Waals surface area (Å²) in [5.74, 6) is -0.460. The molecule has 2 unspecified atom stereocenters. The number of nitrogens with one attached hydrogen (secondary N) is 1. The van der Waals surface area contributed by atoms with Crippen LogP contribution in [0.25, 0.3) is 0 Å². The molecule has 2 rings (SSSR count). The van der Waals surface area contributed by atoms with Crippen LogP contribution in [0.5, 0.6) is 0 Å². The topological polar surface area (TPSA) is 112 Å². The lowest BCUT2D eigenvalue weighted by Crippen LogP contribution is -2.52. The second-order valence-corrected chi connectivity index (χ2v) is 13.3. The van der Waals surface area contributed by atoms with E-state index in [4.69, 9.17) is 18.7 Å². The number of hydrogen-bond donors (Lipinski definition) is 1. The molecule has 1 aliphatic heterocycles. The van der Waals surface area contributed by atoms with Crippen LogP contribution in [0.4, 0.5) is 0 Å². The predicted molar refractivity (Wildman–Crippen MR) is 108 cm³/mol. The minimum Gasteiger partial charge on any atom is -0.408 e. The molecule has 29 heavy (non-hydrogen) atoms. The number of hydrogen-bond acceptors (Lipinski definition) is 7. The number of amides is 1. The lowest BCUT2D eigenvalue weighted by Gasteiger charge is -2.40. The standard InChI is InChI=1S/C18H31N3O7Si/c1-18(2,3)29(7,8)28-12-13(15(23)20(4)26-6)27-16(14(12)25-5)21-10-9-11(22)19-17(21)24/h9-10,12-14,16H,1-8H3,(H,19,22,24)/t12?,13-,14?,16+/m0/s1. The van der Waals surface area contributed by atoms with Gasteiger partial charge in [0.05, 0.1) is 7.11 Å². The van der Waals surface area contributed by atoms with Crippen LogP contribution in [0.3, 0.4) is 0 Å². The molecule has 4 atom stereocenters. The zero-order valence-electron chi connectivity index (χ0n) is 18.2. The number of nitrogens with zero attached hydrogens (tertiary/aromatic N) is 2. The van der Waals surface area contributed by atoms with Gasteiger partial charge < -0.3 is 13.9 Å². The lowest BCUT2D eigenvalue weighted by molar-refractivity contribution is -0.184. The maximum atomic E-state index is 12.9. The molecule has 1 N–H and O–H groups in total. The van der Waals surface area contributed by atoms with Gasteiger partial charge in [0.2, 0.25) is 0 Å². The van der Waals surface area contributed by atoms with E-state index in [9.17, 15) is 14.4 Å². The van der Waals surface area contributed by atoms with Crippen LogP contribution in [0, 0.1) is 0 Å². The Morgan fingerprint density at radius 3 is 2.34 bits per heavy atom. The first-order valence-corrected chi connectivity index (χ1v) is 12.2. The van der Waals surface area contributed by atoms with Crippen molar-refractivity contribution in [1.29, 1.82) is 0 Å². The van der Waals surface area contributed by atoms with Gasteiger partial charge in [0.1, 0.15) is 12.2 Å². The summed E-state index contributed by atoms with van der Waals surface area (Å²) >= 11 is 0. The minimum atomic E-state index is -2.33. The summed E-state index contributed by atoms with van der Waals surface area (Å²) in [6.07, 6.45) is -2.23. The van der Waals surface area contributed by atoms with Crippen molar-refractivity contribution in [2.24, 2.45) is 0 Å². The molecule has 0 aromatic carbocycles. The number of H-pyrrole nitrogens is 1. The van der Waals surface area contributed by atoms with E-state index in [1.165, 1.54) is 38.1 Å². The molecule has 0 saturated carbocycles. The van der Waals surface area contributed by atoms with E-state index >= 15 is 0 Å². The monoisotopic (exact) mass is 429 g/mol. The molecule has 1 amide bonds. The Morgan fingerprint density at radius 2 is 1.86 bits per heavy atom. The van der Waals surface area contributed by atoms with E-state index in [2.05, 4.69) is 38.8 Å². The lowest BCUT2D eigenvalue weighted by atomic mass is 10.1. The Bertz CT molecular complexity index is 845. The molecule has 1 aromatic rings. The van der Waals surface area contributed by atoms with Crippen molar-refractivity contribution in [3.8, 4) is 0 Å². The second-order valence-electron chi connectivity index (χ2n) is 8.53. The van der Waals surface area contributed by atoms with Gasteiger partial charge >= 0.3 is 5.69 Å². The second kappa shape index (κ2) is 8.52. The fourth-order valence-electron chi connectivity index (χ4n) is 2.86. The Hall–Kier alpha value is -1.79. The minimum absolute atomic E-state index is 0.126. The first-order chi connectivity index (χ1) is 13.3. The zero-order valence-corrected chi connectivity index (χ0v) is 19.2. The van der Waals surface area contributed by atoms with Gasteiger partial charge in [-0.25, -0.2) is 9.86 Å². The van der Waals surface area contributed by atoms with Crippen LogP contribution >= 0.6 is 0 Å². The van der Waals surface area contributed by atoms with Crippen LogP contribution < -0.4 is 11.2 Å². The quantitative estimate of drug-likeness (QED) is 0.527. The number of rotatable bonds is 6. The van der Waals surface area contributed by atoms with Gasteiger partial charge in [-0.15, -0.1) is 0 Å². The van der Waals surface area contributed by atoms with E-state index in [-0.39, 0.29) is 5.04 Å². The average molecular weight is 430 g/mol. The Balaban J connectivity index is 2.51. The molecule has 0 spiro atoms. The van der Waals surface area contributed by atoms with E-state index in [0.717, 1.165) is 5.06 Å². The Morgan fingerprint density at radius 1 is 1.24 bits per heavy atom. The number of aromatic nitrogens is 2. The third-order valence-corrected chi connectivity index (χ3v) is 10.1. The number of carbonyl (C=O) groups is 1. The van der Waals surface area contributed by atoms with Crippen molar-refractivity contribution < 1.29 is 23.5 Å². The van der Waals surface area contributed by atoms with Crippen molar-refractivity contribution >= 4 is 14.2 Å². The third kappa shape index (κ3) is 4.69. The average Bonchev–Trinajstić information content (AvgIpc) is 2.96. The fourth-order valence-corrected chi connectivity index (χ4v) is 4.15. The largest absolute Gasteiger partial charge is 0.408 e. The third-order valence-electron chi connectivity index (χ3n) is 5.65. The number of ether oxygens (including phenoxy) is 2. The summed E-state index contributed by atoms with van der Waals surface area (Å²) in [6.45, 7) is 10.4. The molecular weight excluding hydrogens is 398 g/mol. The number of aromatic amines is 1. The SMILES string of the molecule is COC1C(O[Si](C)(C)C(C)(C)C)[C@@H](C(=O)N(C)OC)O[C@H]1n1ccc(=O)[nH]c1=O. The molecule has 1 fully saturated rings. The zero-order chi connectivity index (χ0) is 22.1. The highest BCUT2D eigenvalue weighted by Gasteiger charge is 2.54. The molecule has 0 bridgehead atoms. The van der Waals surface area contributed by atoms with Gasteiger partial charge in [-0.2, -0.15) is 0 Å². The number of hydroxylamine groups is 2. The summed E-state index contributed by atoms with van der Waals surface area (Å²) in [4.78, 5) is 43.9. The van der Waals surface area contributed by atoms with E-state index in [1.807, 2.05) is 0 Å². The first kappa shape index (κ1) is 23.5. The fraction of sp³-hybridized carbons (Fsp3) is 0.722. The van der Waals surface area contributed by atoms with Crippen molar-refractivity contribution in [2.75, 3.05) is 21.3 Å². The molecule has 2 heterocycles. The highest BCUT2D eigenvalue weighted by atomic mass is 28.4. The molecule has 0 radical (unpaired) electrons. The molecule has 10 nitrogen and oxygen atoms in total. The number of methoxy groups -OCH3 is 1. The maximum absolute atomic E-state index is 12.9. The highest BCUT2D eigenvalue weighted by molar-refractivity contribution is 6.74. The first-order valence-electron chi connectivity index (χ1n) is 9.33. The van der Waals surface area contributed by atoms with Crippen LogP contribution in [0.1, 0.15) is 27.0 Å². The smallest absolute Gasteiger partial charge is 0.330 e. The molecule has 1 aliphatic rings. The Labute approximate surface area is 170 Å². The molecular formula is C18H31N3O7Si. The number of likely N-dealkylation sites (N-methyl/N-ethyl adjacent to an activating group) is 1. The molecule has 0 aliphatic carbocycles. The molecule has 1 saturated heterocycles. The van der Waals surface area contributed by atoms with Crippen molar-refractivity contribution in [3.05, 3.63) is 33.1 Å². The van der Waals surface area contributed by atoms with Gasteiger partial charge in [0, 0.05) is 26.4 Å². The van der Waals surface area contributed by atoms with E-state index in [1.54, 1.807) is 0 Å². The predicted octanol–water partition coefficient (Wildman–Crippen LogP) is 0.859. The van der Waals surface area contributed by atoms with Crippen molar-refractivity contribution in [2.45, 2.75) is 63.4 Å².